The number of benzene rings is 2. The smallest absolute Gasteiger partial charge is 0.238 e. The Labute approximate surface area is 154 Å². The normalized spacial score (nSPS) is 12.5. The standard InChI is InChI=1S/C18H23N3O2S2/c1-4-14-6-5-7-16(12-14)20-18(24)21(3)13(2)15-8-10-17(11-9-15)25(19,22)23/h5-13H,4H2,1-3H3,(H,20,24)(H2,19,22,23)/t13-/m1/s1. The molecule has 0 fully saturated rings. The summed E-state index contributed by atoms with van der Waals surface area (Å²) in [5.41, 5.74) is 3.14. The van der Waals surface area contributed by atoms with E-state index in [1.807, 2.05) is 31.0 Å². The molecule has 3 N–H and O–H groups in total. The summed E-state index contributed by atoms with van der Waals surface area (Å²) in [4.78, 5) is 2.03. The van der Waals surface area contributed by atoms with Crippen LogP contribution in [0.4, 0.5) is 5.69 Å². The van der Waals surface area contributed by atoms with Gasteiger partial charge < -0.3 is 10.2 Å². The van der Waals surface area contributed by atoms with E-state index in [1.165, 1.54) is 17.7 Å². The summed E-state index contributed by atoms with van der Waals surface area (Å²) in [5.74, 6) is 0. The molecule has 0 aromatic heterocycles. The highest BCUT2D eigenvalue weighted by Crippen LogP contribution is 2.22. The molecule has 5 nitrogen and oxygen atoms in total. The van der Waals surface area contributed by atoms with Gasteiger partial charge >= 0.3 is 0 Å². The zero-order valence-electron chi connectivity index (χ0n) is 14.6. The summed E-state index contributed by atoms with van der Waals surface area (Å²) in [5, 5.41) is 8.97. The van der Waals surface area contributed by atoms with Crippen LogP contribution in [0.3, 0.4) is 0 Å². The van der Waals surface area contributed by atoms with Gasteiger partial charge in [-0.25, -0.2) is 13.6 Å². The fraction of sp³-hybridized carbons (Fsp3) is 0.278. The highest BCUT2D eigenvalue weighted by atomic mass is 32.2. The molecule has 0 aliphatic rings. The lowest BCUT2D eigenvalue weighted by atomic mass is 10.1. The first-order valence-electron chi connectivity index (χ1n) is 7.98. The number of hydrogen-bond donors (Lipinski definition) is 2. The lowest BCUT2D eigenvalue weighted by Gasteiger charge is -2.28. The monoisotopic (exact) mass is 377 g/mol. The van der Waals surface area contributed by atoms with Gasteiger partial charge in [0.15, 0.2) is 5.11 Å². The molecule has 1 atom stereocenters. The first-order valence-corrected chi connectivity index (χ1v) is 9.93. The Hall–Kier alpha value is -1.96. The Kier molecular flexibility index (Phi) is 6.16. The number of anilines is 1. The summed E-state index contributed by atoms with van der Waals surface area (Å²) in [7, 11) is -1.78. The zero-order valence-corrected chi connectivity index (χ0v) is 16.2. The van der Waals surface area contributed by atoms with Gasteiger partial charge in [0.1, 0.15) is 0 Å². The van der Waals surface area contributed by atoms with E-state index in [9.17, 15) is 8.42 Å². The van der Waals surface area contributed by atoms with Crippen LogP contribution >= 0.6 is 12.2 Å². The topological polar surface area (TPSA) is 75.4 Å². The maximum Gasteiger partial charge on any atom is 0.238 e. The largest absolute Gasteiger partial charge is 0.345 e. The second kappa shape index (κ2) is 7.95. The average molecular weight is 378 g/mol. The predicted molar refractivity (Wildman–Crippen MR) is 106 cm³/mol. The van der Waals surface area contributed by atoms with Crippen LogP contribution in [0, 0.1) is 0 Å². The van der Waals surface area contributed by atoms with Gasteiger partial charge in [0, 0.05) is 12.7 Å². The molecule has 0 spiro atoms. The van der Waals surface area contributed by atoms with Gasteiger partial charge in [-0.3, -0.25) is 0 Å². The Morgan fingerprint density at radius 1 is 1.24 bits per heavy atom. The van der Waals surface area contributed by atoms with Crippen molar-refractivity contribution in [1.82, 2.24) is 4.90 Å². The molecule has 0 bridgehead atoms. The molecule has 2 rings (SSSR count). The van der Waals surface area contributed by atoms with Crippen LogP contribution in [0.2, 0.25) is 0 Å². The summed E-state index contributed by atoms with van der Waals surface area (Å²) < 4.78 is 22.7. The number of thiocarbonyl (C=S) groups is 1. The van der Waals surface area contributed by atoms with Crippen LogP contribution in [-0.4, -0.2) is 25.5 Å². The third-order valence-electron chi connectivity index (χ3n) is 4.18. The van der Waals surface area contributed by atoms with Gasteiger partial charge in [-0.15, -0.1) is 0 Å². The predicted octanol–water partition coefficient (Wildman–Crippen LogP) is 3.29. The Balaban J connectivity index is 2.10. The third kappa shape index (κ3) is 5.01. The van der Waals surface area contributed by atoms with Crippen molar-refractivity contribution in [1.29, 1.82) is 0 Å². The van der Waals surface area contributed by atoms with Crippen LogP contribution < -0.4 is 10.5 Å². The Bertz CT molecular complexity index is 849. The van der Waals surface area contributed by atoms with Crippen LogP contribution in [0.25, 0.3) is 0 Å². The fourth-order valence-electron chi connectivity index (χ4n) is 2.42. The molecule has 25 heavy (non-hydrogen) atoms. The van der Waals surface area contributed by atoms with E-state index >= 15 is 0 Å². The van der Waals surface area contributed by atoms with E-state index in [1.54, 1.807) is 12.1 Å². The molecule has 0 saturated heterocycles. The number of hydrogen-bond acceptors (Lipinski definition) is 3. The van der Waals surface area contributed by atoms with E-state index in [0.717, 1.165) is 17.7 Å². The minimum atomic E-state index is -3.68. The number of aryl methyl sites for hydroxylation is 1. The van der Waals surface area contributed by atoms with Crippen molar-refractivity contribution in [2.75, 3.05) is 12.4 Å². The highest BCUT2D eigenvalue weighted by molar-refractivity contribution is 7.89. The number of sulfonamides is 1. The quantitative estimate of drug-likeness (QED) is 0.782. The maximum absolute atomic E-state index is 11.3. The number of nitrogens with two attached hydrogens (primary N) is 1. The van der Waals surface area contributed by atoms with Gasteiger partial charge in [-0.2, -0.15) is 0 Å². The van der Waals surface area contributed by atoms with Gasteiger partial charge in [-0.1, -0.05) is 31.2 Å². The van der Waals surface area contributed by atoms with Crippen molar-refractivity contribution in [2.24, 2.45) is 5.14 Å². The molecule has 0 aliphatic carbocycles. The van der Waals surface area contributed by atoms with Crippen molar-refractivity contribution < 1.29 is 8.42 Å². The molecule has 0 unspecified atom stereocenters. The van der Waals surface area contributed by atoms with Gasteiger partial charge in [0.2, 0.25) is 10.0 Å². The molecule has 0 saturated carbocycles. The SMILES string of the molecule is CCc1cccc(NC(=S)N(C)[C@H](C)c2ccc(S(N)(=O)=O)cc2)c1. The van der Waals surface area contributed by atoms with Crippen LogP contribution in [0.15, 0.2) is 53.4 Å². The average Bonchev–Trinajstić information content (AvgIpc) is 2.60. The molecular formula is C18H23N3O2S2. The van der Waals surface area contributed by atoms with Crippen molar-refractivity contribution in [3.8, 4) is 0 Å². The van der Waals surface area contributed by atoms with Gasteiger partial charge in [0.05, 0.1) is 10.9 Å². The van der Waals surface area contributed by atoms with Crippen molar-refractivity contribution >= 4 is 33.0 Å². The summed E-state index contributed by atoms with van der Waals surface area (Å²) in [6.07, 6.45) is 0.963. The van der Waals surface area contributed by atoms with Crippen LogP contribution in [-0.2, 0) is 16.4 Å². The Morgan fingerprint density at radius 3 is 2.44 bits per heavy atom. The zero-order chi connectivity index (χ0) is 18.6. The number of rotatable bonds is 5. The van der Waals surface area contributed by atoms with Crippen LogP contribution in [0.5, 0.6) is 0 Å². The van der Waals surface area contributed by atoms with Crippen molar-refractivity contribution in [3.05, 3.63) is 59.7 Å². The second-order valence-corrected chi connectivity index (χ2v) is 7.83. The molecule has 0 aliphatic heterocycles. The first kappa shape index (κ1) is 19.4. The molecule has 2 aromatic rings. The van der Waals surface area contributed by atoms with E-state index in [2.05, 4.69) is 24.4 Å². The van der Waals surface area contributed by atoms with Gasteiger partial charge in [-0.05, 0) is 61.0 Å². The summed E-state index contributed by atoms with van der Waals surface area (Å²) in [6.45, 7) is 4.11. The first-order chi connectivity index (χ1) is 11.7. The second-order valence-electron chi connectivity index (χ2n) is 5.89. The van der Waals surface area contributed by atoms with E-state index < -0.39 is 10.0 Å². The number of nitrogens with zero attached hydrogens (tertiary/aromatic N) is 1. The minimum Gasteiger partial charge on any atom is -0.345 e. The molecule has 7 heteroatoms. The van der Waals surface area contributed by atoms with E-state index in [-0.39, 0.29) is 10.9 Å². The highest BCUT2D eigenvalue weighted by Gasteiger charge is 2.16. The number of primary sulfonamides is 1. The van der Waals surface area contributed by atoms with E-state index in [4.69, 9.17) is 17.4 Å². The molecule has 2 aromatic carbocycles. The number of nitrogens with one attached hydrogen (secondary N) is 1. The summed E-state index contributed by atoms with van der Waals surface area (Å²) >= 11 is 5.50. The van der Waals surface area contributed by atoms with Crippen LogP contribution in [0.1, 0.15) is 31.0 Å². The maximum atomic E-state index is 11.3. The summed E-state index contributed by atoms with van der Waals surface area (Å²) in [6, 6.07) is 14.6. The van der Waals surface area contributed by atoms with E-state index in [0.29, 0.717) is 5.11 Å². The lowest BCUT2D eigenvalue weighted by molar-refractivity contribution is 0.408. The van der Waals surface area contributed by atoms with Crippen molar-refractivity contribution in [3.63, 3.8) is 0 Å². The molecular weight excluding hydrogens is 354 g/mol. The molecule has 0 amide bonds. The van der Waals surface area contributed by atoms with Crippen molar-refractivity contribution in [2.45, 2.75) is 31.2 Å². The Morgan fingerprint density at radius 2 is 1.88 bits per heavy atom. The minimum absolute atomic E-state index is 0.0242. The van der Waals surface area contributed by atoms with Gasteiger partial charge in [0.25, 0.3) is 0 Å². The molecule has 0 radical (unpaired) electrons. The third-order valence-corrected chi connectivity index (χ3v) is 5.50. The molecule has 134 valence electrons. The molecule has 0 heterocycles. The fourth-order valence-corrected chi connectivity index (χ4v) is 3.21. The lowest BCUT2D eigenvalue weighted by Crippen LogP contribution is -2.33.